The lowest BCUT2D eigenvalue weighted by Crippen LogP contribution is -2.40. The molecule has 154 valence electrons. The molecule has 1 aromatic rings. The molecule has 0 bridgehead atoms. The zero-order chi connectivity index (χ0) is 19.4. The Morgan fingerprint density at radius 3 is 2.41 bits per heavy atom. The molecule has 1 rings (SSSR count). The average molecular weight is 492 g/mol. The number of hydrogen-bond acceptors (Lipinski definition) is 4. The molecule has 0 aromatic heterocycles. The number of nitrogens with zero attached hydrogens (tertiary/aromatic N) is 1. The second-order valence-electron chi connectivity index (χ2n) is 6.87. The maximum Gasteiger partial charge on any atom is 0.407 e. The minimum absolute atomic E-state index is 0. The Morgan fingerprint density at radius 1 is 1.11 bits per heavy atom. The van der Waals surface area contributed by atoms with E-state index in [1.54, 1.807) is 7.05 Å². The maximum atomic E-state index is 11.5. The highest BCUT2D eigenvalue weighted by molar-refractivity contribution is 14.0. The van der Waals surface area contributed by atoms with Gasteiger partial charge in [0.1, 0.15) is 18.0 Å². The van der Waals surface area contributed by atoms with Crippen molar-refractivity contribution in [3.8, 4) is 5.75 Å². The van der Waals surface area contributed by atoms with Gasteiger partial charge in [-0.15, -0.1) is 24.0 Å². The van der Waals surface area contributed by atoms with Crippen molar-refractivity contribution in [1.82, 2.24) is 16.0 Å². The molecule has 0 aliphatic carbocycles. The first-order valence-electron chi connectivity index (χ1n) is 8.91. The SMILES string of the molecule is CN=C(NCCCNC(=O)OC(C)(C)C)NCCOc1cccc(C)c1.I. The number of aliphatic imine (C=N–C) groups is 1. The lowest BCUT2D eigenvalue weighted by molar-refractivity contribution is 0.0527. The summed E-state index contributed by atoms with van der Waals surface area (Å²) >= 11 is 0. The van der Waals surface area contributed by atoms with Crippen LogP contribution in [0.4, 0.5) is 4.79 Å². The number of ether oxygens (including phenoxy) is 2. The summed E-state index contributed by atoms with van der Waals surface area (Å²) in [6, 6.07) is 7.96. The topological polar surface area (TPSA) is 84.0 Å². The van der Waals surface area contributed by atoms with Crippen LogP contribution in [0.15, 0.2) is 29.3 Å². The van der Waals surface area contributed by atoms with Crippen molar-refractivity contribution in [2.24, 2.45) is 4.99 Å². The van der Waals surface area contributed by atoms with Gasteiger partial charge in [-0.1, -0.05) is 12.1 Å². The second-order valence-corrected chi connectivity index (χ2v) is 6.87. The summed E-state index contributed by atoms with van der Waals surface area (Å²) in [4.78, 5) is 15.7. The largest absolute Gasteiger partial charge is 0.492 e. The van der Waals surface area contributed by atoms with Gasteiger partial charge >= 0.3 is 6.09 Å². The lowest BCUT2D eigenvalue weighted by Gasteiger charge is -2.19. The van der Waals surface area contributed by atoms with Crippen molar-refractivity contribution in [1.29, 1.82) is 0 Å². The van der Waals surface area contributed by atoms with E-state index in [0.717, 1.165) is 12.2 Å². The third-order valence-electron chi connectivity index (χ3n) is 3.19. The van der Waals surface area contributed by atoms with Gasteiger partial charge < -0.3 is 25.4 Å². The van der Waals surface area contributed by atoms with Crippen LogP contribution in [0.5, 0.6) is 5.75 Å². The highest BCUT2D eigenvalue weighted by Crippen LogP contribution is 2.11. The van der Waals surface area contributed by atoms with Gasteiger partial charge in [0.25, 0.3) is 0 Å². The molecule has 0 fully saturated rings. The molecule has 0 saturated heterocycles. The van der Waals surface area contributed by atoms with Crippen molar-refractivity contribution in [3.05, 3.63) is 29.8 Å². The van der Waals surface area contributed by atoms with Crippen LogP contribution in [-0.4, -0.2) is 50.9 Å². The number of halogens is 1. The third kappa shape index (κ3) is 13.2. The molecule has 0 aliphatic rings. The van der Waals surface area contributed by atoms with E-state index in [2.05, 4.69) is 20.9 Å². The predicted octanol–water partition coefficient (Wildman–Crippen LogP) is 3.07. The van der Waals surface area contributed by atoms with Crippen LogP contribution in [0, 0.1) is 6.92 Å². The first-order valence-corrected chi connectivity index (χ1v) is 8.91. The number of aryl methyl sites for hydroxylation is 1. The zero-order valence-corrected chi connectivity index (χ0v) is 19.3. The highest BCUT2D eigenvalue weighted by atomic mass is 127. The van der Waals surface area contributed by atoms with Gasteiger partial charge in [0.15, 0.2) is 5.96 Å². The molecule has 0 radical (unpaired) electrons. The molecule has 0 atom stereocenters. The summed E-state index contributed by atoms with van der Waals surface area (Å²) < 4.78 is 10.9. The van der Waals surface area contributed by atoms with Crippen molar-refractivity contribution in [3.63, 3.8) is 0 Å². The second kappa shape index (κ2) is 13.5. The number of carbonyl (C=O) groups is 1. The Hall–Kier alpha value is -1.71. The molecule has 0 heterocycles. The Morgan fingerprint density at radius 2 is 1.78 bits per heavy atom. The molecule has 0 saturated carbocycles. The van der Waals surface area contributed by atoms with Gasteiger partial charge in [-0.25, -0.2) is 4.79 Å². The molecule has 0 aliphatic heterocycles. The summed E-state index contributed by atoms with van der Waals surface area (Å²) in [5, 5.41) is 9.10. The van der Waals surface area contributed by atoms with E-state index in [1.807, 2.05) is 52.0 Å². The third-order valence-corrected chi connectivity index (χ3v) is 3.19. The smallest absolute Gasteiger partial charge is 0.407 e. The summed E-state index contributed by atoms with van der Waals surface area (Å²) in [5.41, 5.74) is 0.697. The Bertz CT molecular complexity index is 589. The van der Waals surface area contributed by atoms with Gasteiger partial charge in [0.2, 0.25) is 0 Å². The van der Waals surface area contributed by atoms with Crippen LogP contribution >= 0.6 is 24.0 Å². The van der Waals surface area contributed by atoms with Crippen LogP contribution in [-0.2, 0) is 4.74 Å². The molecular formula is C19H33IN4O3. The molecule has 1 aromatic carbocycles. The van der Waals surface area contributed by atoms with E-state index in [0.29, 0.717) is 32.2 Å². The van der Waals surface area contributed by atoms with Gasteiger partial charge in [-0.05, 0) is 51.8 Å². The van der Waals surface area contributed by atoms with Gasteiger partial charge in [-0.2, -0.15) is 0 Å². The highest BCUT2D eigenvalue weighted by Gasteiger charge is 2.15. The number of hydrogen-bond donors (Lipinski definition) is 3. The minimum atomic E-state index is -0.477. The number of guanidine groups is 1. The first kappa shape index (κ1) is 25.3. The van der Waals surface area contributed by atoms with Crippen LogP contribution in [0.25, 0.3) is 0 Å². The van der Waals surface area contributed by atoms with Crippen molar-refractivity contribution < 1.29 is 14.3 Å². The minimum Gasteiger partial charge on any atom is -0.492 e. The monoisotopic (exact) mass is 492 g/mol. The molecule has 0 spiro atoms. The number of amides is 1. The fraction of sp³-hybridized carbons (Fsp3) is 0.579. The molecule has 3 N–H and O–H groups in total. The Balaban J connectivity index is 0.00000676. The van der Waals surface area contributed by atoms with Gasteiger partial charge in [-0.3, -0.25) is 4.99 Å². The van der Waals surface area contributed by atoms with Crippen LogP contribution in [0.1, 0.15) is 32.8 Å². The average Bonchev–Trinajstić information content (AvgIpc) is 2.55. The van der Waals surface area contributed by atoms with E-state index >= 15 is 0 Å². The molecule has 0 unspecified atom stereocenters. The normalized spacial score (nSPS) is 11.2. The number of benzene rings is 1. The van der Waals surface area contributed by atoms with Crippen LogP contribution < -0.4 is 20.7 Å². The van der Waals surface area contributed by atoms with E-state index in [9.17, 15) is 4.79 Å². The molecule has 7 nitrogen and oxygen atoms in total. The van der Waals surface area contributed by atoms with E-state index in [1.165, 1.54) is 5.56 Å². The fourth-order valence-corrected chi connectivity index (χ4v) is 2.06. The summed E-state index contributed by atoms with van der Waals surface area (Å²) in [6.45, 7) is 9.97. The molecule has 1 amide bonds. The zero-order valence-electron chi connectivity index (χ0n) is 16.9. The van der Waals surface area contributed by atoms with E-state index in [4.69, 9.17) is 9.47 Å². The van der Waals surface area contributed by atoms with Crippen LogP contribution in [0.3, 0.4) is 0 Å². The number of rotatable bonds is 8. The predicted molar refractivity (Wildman–Crippen MR) is 120 cm³/mol. The fourth-order valence-electron chi connectivity index (χ4n) is 2.06. The Labute approximate surface area is 179 Å². The summed E-state index contributed by atoms with van der Waals surface area (Å²) in [6.07, 6.45) is 0.369. The van der Waals surface area contributed by atoms with E-state index in [-0.39, 0.29) is 24.0 Å². The van der Waals surface area contributed by atoms with Crippen LogP contribution in [0.2, 0.25) is 0 Å². The number of alkyl carbamates (subject to hydrolysis) is 1. The van der Waals surface area contributed by atoms with Crippen molar-refractivity contribution in [2.75, 3.05) is 33.3 Å². The molecule has 27 heavy (non-hydrogen) atoms. The summed E-state index contributed by atoms with van der Waals surface area (Å²) in [5.74, 6) is 1.57. The van der Waals surface area contributed by atoms with E-state index < -0.39 is 11.7 Å². The number of carbonyl (C=O) groups excluding carboxylic acids is 1. The number of nitrogens with one attached hydrogen (secondary N) is 3. The first-order chi connectivity index (χ1) is 12.3. The lowest BCUT2D eigenvalue weighted by atomic mass is 10.2. The van der Waals surface area contributed by atoms with Gasteiger partial charge in [0.05, 0.1) is 6.54 Å². The Kier molecular flexibility index (Phi) is 12.6. The quantitative estimate of drug-likeness (QED) is 0.225. The van der Waals surface area contributed by atoms with Crippen molar-refractivity contribution >= 4 is 36.0 Å². The molecule has 8 heteroatoms. The summed E-state index contributed by atoms with van der Waals surface area (Å²) in [7, 11) is 1.72. The maximum absolute atomic E-state index is 11.5. The molecular weight excluding hydrogens is 459 g/mol. The van der Waals surface area contributed by atoms with Crippen molar-refractivity contribution in [2.45, 2.75) is 39.7 Å². The van der Waals surface area contributed by atoms with Gasteiger partial charge in [0, 0.05) is 20.1 Å². The standard InChI is InChI=1S/C19H32N4O3.HI/c1-15-8-6-9-16(14-15)25-13-12-22-17(20-5)21-10-7-11-23-18(24)26-19(2,3)4;/h6,8-9,14H,7,10-13H2,1-5H3,(H,23,24)(H2,20,21,22);1H.